The first-order valence-electron chi connectivity index (χ1n) is 6.41. The number of amides is 1. The van der Waals surface area contributed by atoms with Gasteiger partial charge in [-0.3, -0.25) is 9.69 Å². The van der Waals surface area contributed by atoms with E-state index in [-0.39, 0.29) is 11.8 Å². The van der Waals surface area contributed by atoms with E-state index in [0.29, 0.717) is 12.4 Å². The molecule has 0 aliphatic carbocycles. The number of aryl methyl sites for hydroxylation is 1. The number of nitrogens with two attached hydrogens (primary N) is 2. The molecule has 1 aliphatic heterocycles. The fourth-order valence-corrected chi connectivity index (χ4v) is 2.35. The van der Waals surface area contributed by atoms with Crippen LogP contribution in [0.5, 0.6) is 0 Å². The summed E-state index contributed by atoms with van der Waals surface area (Å²) in [4.78, 5) is 22.0. The van der Waals surface area contributed by atoms with E-state index < -0.39 is 0 Å². The van der Waals surface area contributed by atoms with Crippen LogP contribution in [0.1, 0.15) is 24.4 Å². The smallest absolute Gasteiger partial charge is 0.220 e. The van der Waals surface area contributed by atoms with Crippen molar-refractivity contribution >= 4 is 11.7 Å². The van der Waals surface area contributed by atoms with Crippen LogP contribution < -0.4 is 17.0 Å². The van der Waals surface area contributed by atoms with Gasteiger partial charge in [0.1, 0.15) is 11.6 Å². The lowest BCUT2D eigenvalue weighted by Crippen LogP contribution is -2.38. The van der Waals surface area contributed by atoms with E-state index >= 15 is 0 Å². The summed E-state index contributed by atoms with van der Waals surface area (Å²) in [5.41, 5.74) is 8.73. The third-order valence-electron chi connectivity index (χ3n) is 3.40. The van der Waals surface area contributed by atoms with Gasteiger partial charge in [-0.05, 0) is 32.9 Å². The Morgan fingerprint density at radius 2 is 2.16 bits per heavy atom. The van der Waals surface area contributed by atoms with Gasteiger partial charge in [0.05, 0.1) is 6.54 Å². The Bertz CT molecular complexity index is 456. The molecular weight excluding hydrogens is 244 g/mol. The lowest BCUT2D eigenvalue weighted by molar-refractivity contribution is -0.123. The first-order valence-corrected chi connectivity index (χ1v) is 6.41. The van der Waals surface area contributed by atoms with Gasteiger partial charge in [0, 0.05) is 17.7 Å². The predicted molar refractivity (Wildman–Crippen MR) is 71.8 cm³/mol. The number of piperidine rings is 1. The molecule has 1 saturated heterocycles. The lowest BCUT2D eigenvalue weighted by atomic mass is 9.96. The van der Waals surface area contributed by atoms with Crippen LogP contribution in [0.4, 0.5) is 5.82 Å². The highest BCUT2D eigenvalue weighted by Crippen LogP contribution is 2.18. The van der Waals surface area contributed by atoms with E-state index in [2.05, 4.69) is 20.3 Å². The normalized spacial score (nSPS) is 17.4. The van der Waals surface area contributed by atoms with Crippen LogP contribution in [-0.2, 0) is 11.3 Å². The summed E-state index contributed by atoms with van der Waals surface area (Å²) in [6.45, 7) is 4.26. The van der Waals surface area contributed by atoms with Crippen LogP contribution in [0.2, 0.25) is 0 Å². The summed E-state index contributed by atoms with van der Waals surface area (Å²) >= 11 is 0. The van der Waals surface area contributed by atoms with Crippen molar-refractivity contribution in [1.82, 2.24) is 14.9 Å². The van der Waals surface area contributed by atoms with Crippen LogP contribution in [0.25, 0.3) is 0 Å². The van der Waals surface area contributed by atoms with Crippen molar-refractivity contribution in [1.29, 1.82) is 0 Å². The number of likely N-dealkylation sites (tertiary alicyclic amines) is 1. The van der Waals surface area contributed by atoms with Gasteiger partial charge in [0.25, 0.3) is 0 Å². The number of aromatic nitrogens is 2. The molecule has 0 saturated carbocycles. The topological polar surface area (TPSA) is 110 Å². The summed E-state index contributed by atoms with van der Waals surface area (Å²) in [6.07, 6.45) is 1.62. The highest BCUT2D eigenvalue weighted by Gasteiger charge is 2.23. The highest BCUT2D eigenvalue weighted by molar-refractivity contribution is 5.76. The molecule has 1 aliphatic rings. The molecule has 1 aromatic heterocycles. The minimum Gasteiger partial charge on any atom is -0.369 e. The van der Waals surface area contributed by atoms with E-state index in [1.807, 2.05) is 6.92 Å². The minimum absolute atomic E-state index is 0.0101. The maximum absolute atomic E-state index is 11.1. The molecule has 2 heterocycles. The largest absolute Gasteiger partial charge is 0.369 e. The zero-order valence-electron chi connectivity index (χ0n) is 11.1. The third kappa shape index (κ3) is 3.62. The molecule has 2 rings (SSSR count). The van der Waals surface area contributed by atoms with Crippen molar-refractivity contribution in [3.8, 4) is 0 Å². The minimum atomic E-state index is -0.193. The fourth-order valence-electron chi connectivity index (χ4n) is 2.35. The molecule has 1 amide bonds. The summed E-state index contributed by atoms with van der Waals surface area (Å²) in [6, 6.07) is 1.79. The number of carbonyl (C=O) groups excluding carboxylic acids is 1. The zero-order chi connectivity index (χ0) is 13.8. The molecule has 104 valence electrons. The van der Waals surface area contributed by atoms with E-state index in [1.165, 1.54) is 0 Å². The first kappa shape index (κ1) is 13.7. The molecule has 0 bridgehead atoms. The van der Waals surface area contributed by atoms with Gasteiger partial charge >= 0.3 is 0 Å². The van der Waals surface area contributed by atoms with Crippen molar-refractivity contribution in [3.05, 3.63) is 17.6 Å². The van der Waals surface area contributed by atoms with Gasteiger partial charge in [-0.1, -0.05) is 0 Å². The van der Waals surface area contributed by atoms with Crippen molar-refractivity contribution in [2.24, 2.45) is 17.5 Å². The van der Waals surface area contributed by atoms with Gasteiger partial charge in [-0.25, -0.2) is 15.8 Å². The average Bonchev–Trinajstić information content (AvgIpc) is 2.38. The van der Waals surface area contributed by atoms with Crippen molar-refractivity contribution in [3.63, 3.8) is 0 Å². The fraction of sp³-hybridized carbons (Fsp3) is 0.583. The Labute approximate surface area is 112 Å². The van der Waals surface area contributed by atoms with Crippen LogP contribution >= 0.6 is 0 Å². The number of anilines is 1. The number of hydrogen-bond donors (Lipinski definition) is 3. The molecule has 0 unspecified atom stereocenters. The van der Waals surface area contributed by atoms with E-state index in [4.69, 9.17) is 11.6 Å². The number of rotatable bonds is 4. The summed E-state index contributed by atoms with van der Waals surface area (Å²) in [5, 5.41) is 0. The maximum Gasteiger partial charge on any atom is 0.220 e. The Morgan fingerprint density at radius 1 is 1.47 bits per heavy atom. The Hall–Kier alpha value is -1.73. The first-order chi connectivity index (χ1) is 9.08. The molecule has 0 atom stereocenters. The molecule has 7 heteroatoms. The number of nitrogen functional groups attached to an aromatic ring is 1. The van der Waals surface area contributed by atoms with Gasteiger partial charge < -0.3 is 11.2 Å². The van der Waals surface area contributed by atoms with Crippen LogP contribution in [0.15, 0.2) is 6.07 Å². The number of nitrogens with one attached hydrogen (secondary N) is 1. The number of hydrogen-bond acceptors (Lipinski definition) is 6. The lowest BCUT2D eigenvalue weighted by Gasteiger charge is -2.29. The second-order valence-corrected chi connectivity index (χ2v) is 4.91. The van der Waals surface area contributed by atoms with Crippen molar-refractivity contribution in [2.45, 2.75) is 26.3 Å². The highest BCUT2D eigenvalue weighted by atomic mass is 16.1. The third-order valence-corrected chi connectivity index (χ3v) is 3.40. The van der Waals surface area contributed by atoms with Crippen LogP contribution in [0, 0.1) is 12.8 Å². The molecule has 19 heavy (non-hydrogen) atoms. The average molecular weight is 264 g/mol. The van der Waals surface area contributed by atoms with Gasteiger partial charge in [-0.2, -0.15) is 0 Å². The molecular formula is C12H20N6O. The zero-order valence-corrected chi connectivity index (χ0v) is 11.1. The maximum atomic E-state index is 11.1. The molecule has 1 aromatic rings. The van der Waals surface area contributed by atoms with Crippen molar-refractivity contribution < 1.29 is 4.79 Å². The second kappa shape index (κ2) is 5.94. The summed E-state index contributed by atoms with van der Waals surface area (Å²) in [5.74, 6) is 6.54. The van der Waals surface area contributed by atoms with E-state index in [0.717, 1.165) is 37.4 Å². The van der Waals surface area contributed by atoms with Crippen molar-refractivity contribution in [2.75, 3.05) is 18.5 Å². The summed E-state index contributed by atoms with van der Waals surface area (Å²) < 4.78 is 0. The quantitative estimate of drug-likeness (QED) is 0.512. The standard InChI is InChI=1S/C12H20N6O/c1-8-6-10(17-14)16-11(15-8)7-18-4-2-9(3-5-18)12(13)19/h6,9H,2-5,7,14H2,1H3,(H2,13,19)(H,15,16,17). The second-order valence-electron chi connectivity index (χ2n) is 4.91. The number of nitrogens with zero attached hydrogens (tertiary/aromatic N) is 3. The monoisotopic (exact) mass is 264 g/mol. The Morgan fingerprint density at radius 3 is 2.74 bits per heavy atom. The number of hydrazine groups is 1. The Balaban J connectivity index is 1.95. The SMILES string of the molecule is Cc1cc(NN)nc(CN2CCC(C(N)=O)CC2)n1. The molecule has 1 fully saturated rings. The van der Waals surface area contributed by atoms with Gasteiger partial charge in [0.2, 0.25) is 5.91 Å². The molecule has 5 N–H and O–H groups in total. The predicted octanol–water partition coefficient (Wildman–Crippen LogP) is -0.232. The van der Waals surface area contributed by atoms with Crippen LogP contribution in [-0.4, -0.2) is 33.9 Å². The number of carbonyl (C=O) groups is 1. The van der Waals surface area contributed by atoms with Gasteiger partial charge in [0.15, 0.2) is 0 Å². The number of primary amides is 1. The Kier molecular flexibility index (Phi) is 4.28. The molecule has 0 aromatic carbocycles. The van der Waals surface area contributed by atoms with Crippen LogP contribution in [0.3, 0.4) is 0 Å². The van der Waals surface area contributed by atoms with E-state index in [1.54, 1.807) is 6.07 Å². The summed E-state index contributed by atoms with van der Waals surface area (Å²) in [7, 11) is 0. The molecule has 0 radical (unpaired) electrons. The molecule has 0 spiro atoms. The molecule has 7 nitrogen and oxygen atoms in total. The van der Waals surface area contributed by atoms with E-state index in [9.17, 15) is 4.79 Å². The van der Waals surface area contributed by atoms with Gasteiger partial charge in [-0.15, -0.1) is 0 Å².